The quantitative estimate of drug-likeness (QED) is 0.257. The zero-order chi connectivity index (χ0) is 24.7. The van der Waals surface area contributed by atoms with Crippen LogP contribution in [0, 0.1) is 20.8 Å². The third-order valence-electron chi connectivity index (χ3n) is 5.11. The minimum Gasteiger partial charge on any atom is -0.493 e. The van der Waals surface area contributed by atoms with Gasteiger partial charge in [0.1, 0.15) is 6.61 Å². The van der Waals surface area contributed by atoms with Crippen molar-refractivity contribution in [3.8, 4) is 11.5 Å². The van der Waals surface area contributed by atoms with Crippen LogP contribution in [-0.4, -0.2) is 25.1 Å². The summed E-state index contributed by atoms with van der Waals surface area (Å²) in [5.41, 5.74) is 7.51. The number of methoxy groups -OCH3 is 1. The molecule has 0 spiro atoms. The number of hydrogen-bond donors (Lipinski definition) is 2. The van der Waals surface area contributed by atoms with E-state index < -0.39 is 11.8 Å². The van der Waals surface area contributed by atoms with Gasteiger partial charge >= 0.3 is 11.8 Å². The van der Waals surface area contributed by atoms with Gasteiger partial charge in [-0.2, -0.15) is 5.10 Å². The van der Waals surface area contributed by atoms with Gasteiger partial charge in [0.25, 0.3) is 0 Å². The van der Waals surface area contributed by atoms with Gasteiger partial charge in [0, 0.05) is 5.69 Å². The normalized spacial score (nSPS) is 10.7. The van der Waals surface area contributed by atoms with Crippen LogP contribution in [0.3, 0.4) is 0 Å². The first-order valence-electron chi connectivity index (χ1n) is 10.5. The molecule has 34 heavy (non-hydrogen) atoms. The molecule has 0 unspecified atom stereocenters. The predicted molar refractivity (Wildman–Crippen MR) is 136 cm³/mol. The van der Waals surface area contributed by atoms with Crippen LogP contribution in [0.1, 0.15) is 27.8 Å². The lowest BCUT2D eigenvalue weighted by molar-refractivity contribution is -0.136. The monoisotopic (exact) mass is 523 g/mol. The van der Waals surface area contributed by atoms with E-state index in [0.29, 0.717) is 33.8 Å². The van der Waals surface area contributed by atoms with Crippen LogP contribution in [0.25, 0.3) is 0 Å². The third-order valence-corrected chi connectivity index (χ3v) is 5.70. The number of nitrogens with one attached hydrogen (secondary N) is 2. The predicted octanol–water partition coefficient (Wildman–Crippen LogP) is 5.05. The Kier molecular flexibility index (Phi) is 8.43. The fourth-order valence-corrected chi connectivity index (χ4v) is 3.72. The van der Waals surface area contributed by atoms with Crippen LogP contribution in [0.4, 0.5) is 5.69 Å². The summed E-state index contributed by atoms with van der Waals surface area (Å²) >= 11 is 3.51. The molecule has 176 valence electrons. The van der Waals surface area contributed by atoms with Crippen LogP contribution < -0.4 is 20.2 Å². The van der Waals surface area contributed by atoms with Crippen molar-refractivity contribution in [1.29, 1.82) is 0 Å². The number of ether oxygens (including phenoxy) is 2. The van der Waals surface area contributed by atoms with Crippen molar-refractivity contribution in [3.63, 3.8) is 0 Å². The number of carbonyl (C=O) groups is 2. The standard InChI is InChI=1S/C26H26BrN3O4/c1-16-9-10-18(3)22(11-16)29-25(31)26(32)30-28-14-19-12-21(27)24(23(13-19)33-4)34-15-20-8-6-5-7-17(20)2/h5-14H,15H2,1-4H3,(H,29,31)(H,30,32)/b28-14+. The maximum Gasteiger partial charge on any atom is 0.329 e. The second-order valence-corrected chi connectivity index (χ2v) is 8.58. The molecule has 8 heteroatoms. The van der Waals surface area contributed by atoms with E-state index in [0.717, 1.165) is 22.3 Å². The molecule has 3 rings (SSSR count). The maximum absolute atomic E-state index is 12.2. The van der Waals surface area contributed by atoms with Gasteiger partial charge in [0.05, 0.1) is 17.8 Å². The summed E-state index contributed by atoms with van der Waals surface area (Å²) in [6.45, 7) is 6.18. The number of hydrazone groups is 1. The van der Waals surface area contributed by atoms with Gasteiger partial charge in [0.2, 0.25) is 0 Å². The average Bonchev–Trinajstić information content (AvgIpc) is 2.81. The van der Waals surface area contributed by atoms with Gasteiger partial charge in [-0.1, -0.05) is 36.4 Å². The lowest BCUT2D eigenvalue weighted by atomic mass is 10.1. The molecule has 3 aromatic carbocycles. The number of carbonyl (C=O) groups excluding carboxylic acids is 2. The van der Waals surface area contributed by atoms with Crippen LogP contribution in [-0.2, 0) is 16.2 Å². The molecule has 7 nitrogen and oxygen atoms in total. The number of hydrogen-bond acceptors (Lipinski definition) is 5. The fourth-order valence-electron chi connectivity index (χ4n) is 3.14. The van der Waals surface area contributed by atoms with Crippen molar-refractivity contribution >= 4 is 39.6 Å². The average molecular weight is 524 g/mol. The Bertz CT molecular complexity index is 1240. The SMILES string of the molecule is COc1cc(/C=N/NC(=O)C(=O)Nc2cc(C)ccc2C)cc(Br)c1OCc1ccccc1C. The molecule has 0 aromatic heterocycles. The summed E-state index contributed by atoms with van der Waals surface area (Å²) in [5.74, 6) is -0.617. The van der Waals surface area contributed by atoms with Crippen LogP contribution in [0.15, 0.2) is 64.2 Å². The van der Waals surface area contributed by atoms with Gasteiger partial charge in [-0.3, -0.25) is 9.59 Å². The number of rotatable bonds is 7. The van der Waals surface area contributed by atoms with E-state index >= 15 is 0 Å². The summed E-state index contributed by atoms with van der Waals surface area (Å²) in [5, 5.41) is 6.49. The van der Waals surface area contributed by atoms with Gasteiger partial charge in [-0.25, -0.2) is 5.43 Å². The highest BCUT2D eigenvalue weighted by Gasteiger charge is 2.15. The Hall–Kier alpha value is -3.65. The first-order chi connectivity index (χ1) is 16.3. The maximum atomic E-state index is 12.2. The van der Waals surface area contributed by atoms with E-state index in [2.05, 4.69) is 31.8 Å². The lowest BCUT2D eigenvalue weighted by Gasteiger charge is -2.14. The van der Waals surface area contributed by atoms with Gasteiger partial charge < -0.3 is 14.8 Å². The molecular formula is C26H26BrN3O4. The molecule has 0 saturated heterocycles. The number of aryl methyl sites for hydroxylation is 3. The molecule has 0 fully saturated rings. The van der Waals surface area contributed by atoms with Gasteiger partial charge in [-0.05, 0) is 82.7 Å². The van der Waals surface area contributed by atoms with Crippen LogP contribution >= 0.6 is 15.9 Å². The highest BCUT2D eigenvalue weighted by atomic mass is 79.9. The molecule has 0 atom stereocenters. The number of halogens is 1. The number of benzene rings is 3. The smallest absolute Gasteiger partial charge is 0.329 e. The van der Waals surface area contributed by atoms with Crippen LogP contribution in [0.2, 0.25) is 0 Å². The molecule has 0 heterocycles. The topological polar surface area (TPSA) is 89.0 Å². The highest BCUT2D eigenvalue weighted by molar-refractivity contribution is 9.10. The van der Waals surface area contributed by atoms with Crippen molar-refractivity contribution < 1.29 is 19.1 Å². The summed E-state index contributed by atoms with van der Waals surface area (Å²) < 4.78 is 12.1. The zero-order valence-electron chi connectivity index (χ0n) is 19.4. The molecule has 0 bridgehead atoms. The van der Waals surface area contributed by atoms with Crippen molar-refractivity contribution in [1.82, 2.24) is 5.43 Å². The fraction of sp³-hybridized carbons (Fsp3) is 0.192. The zero-order valence-corrected chi connectivity index (χ0v) is 21.0. The van der Waals surface area contributed by atoms with Gasteiger partial charge in [-0.15, -0.1) is 0 Å². The second-order valence-electron chi connectivity index (χ2n) is 7.72. The van der Waals surface area contributed by atoms with Gasteiger partial charge in [0.15, 0.2) is 11.5 Å². The van der Waals surface area contributed by atoms with Crippen molar-refractivity contribution in [2.45, 2.75) is 27.4 Å². The van der Waals surface area contributed by atoms with E-state index in [-0.39, 0.29) is 0 Å². The van der Waals surface area contributed by atoms with Crippen molar-refractivity contribution in [2.24, 2.45) is 5.10 Å². The number of anilines is 1. The molecule has 0 aliphatic heterocycles. The molecule has 0 aliphatic carbocycles. The molecule has 3 aromatic rings. The summed E-state index contributed by atoms with van der Waals surface area (Å²) in [6, 6.07) is 17.1. The number of nitrogens with zero attached hydrogens (tertiary/aromatic N) is 1. The Morgan fingerprint density at radius 3 is 2.50 bits per heavy atom. The van der Waals surface area contributed by atoms with E-state index in [1.54, 1.807) is 25.3 Å². The minimum absolute atomic E-state index is 0.390. The Balaban J connectivity index is 1.64. The molecular weight excluding hydrogens is 498 g/mol. The lowest BCUT2D eigenvalue weighted by Crippen LogP contribution is -2.32. The molecule has 0 saturated carbocycles. The molecule has 2 amide bonds. The van der Waals surface area contributed by atoms with E-state index in [1.165, 1.54) is 6.21 Å². The van der Waals surface area contributed by atoms with E-state index in [4.69, 9.17) is 9.47 Å². The molecule has 2 N–H and O–H groups in total. The van der Waals surface area contributed by atoms with Crippen molar-refractivity contribution in [2.75, 3.05) is 12.4 Å². The Labute approximate surface area is 207 Å². The summed E-state index contributed by atoms with van der Waals surface area (Å²) in [7, 11) is 1.54. The third kappa shape index (κ3) is 6.45. The van der Waals surface area contributed by atoms with E-state index in [9.17, 15) is 9.59 Å². The molecule has 0 radical (unpaired) electrons. The summed E-state index contributed by atoms with van der Waals surface area (Å²) in [6.07, 6.45) is 1.42. The van der Waals surface area contributed by atoms with E-state index in [1.807, 2.05) is 57.2 Å². The second kappa shape index (κ2) is 11.5. The molecule has 0 aliphatic rings. The Morgan fingerprint density at radius 2 is 1.76 bits per heavy atom. The van der Waals surface area contributed by atoms with Crippen molar-refractivity contribution in [3.05, 3.63) is 86.9 Å². The van der Waals surface area contributed by atoms with Crippen LogP contribution in [0.5, 0.6) is 11.5 Å². The first kappa shape index (κ1) is 25.0. The minimum atomic E-state index is -0.874. The Morgan fingerprint density at radius 1 is 1.00 bits per heavy atom. The largest absolute Gasteiger partial charge is 0.493 e. The number of amides is 2. The summed E-state index contributed by atoms with van der Waals surface area (Å²) in [4.78, 5) is 24.3. The highest BCUT2D eigenvalue weighted by Crippen LogP contribution is 2.37. The first-order valence-corrected chi connectivity index (χ1v) is 11.3.